The molecule has 0 aliphatic carbocycles. The minimum atomic E-state index is -0.545. The first-order valence-corrected chi connectivity index (χ1v) is 6.34. The predicted octanol–water partition coefficient (Wildman–Crippen LogP) is 1.31. The van der Waals surface area contributed by atoms with Gasteiger partial charge in [0.25, 0.3) is 11.6 Å². The van der Waals surface area contributed by atoms with Crippen molar-refractivity contribution < 1.29 is 9.66 Å². The van der Waals surface area contributed by atoms with E-state index in [1.807, 2.05) is 0 Å². The number of anilines is 2. The number of nitro benzene ring substituents is 1. The van der Waals surface area contributed by atoms with E-state index < -0.39 is 4.92 Å². The van der Waals surface area contributed by atoms with Crippen LogP contribution in [0.1, 0.15) is 0 Å². The zero-order valence-corrected chi connectivity index (χ0v) is 12.2. The lowest BCUT2D eigenvalue weighted by molar-refractivity contribution is -0.384. The Bertz CT molecular complexity index is 815. The second-order valence-corrected chi connectivity index (χ2v) is 4.24. The van der Waals surface area contributed by atoms with Gasteiger partial charge in [-0.25, -0.2) is 9.97 Å². The number of nitrogens with two attached hydrogens (primary N) is 1. The van der Waals surface area contributed by atoms with E-state index >= 15 is 0 Å². The summed E-state index contributed by atoms with van der Waals surface area (Å²) in [7, 11) is 1.36. The van der Waals surface area contributed by atoms with Crippen LogP contribution in [-0.4, -0.2) is 28.7 Å². The number of methoxy groups -OCH3 is 1. The maximum absolute atomic E-state index is 11.3. The third-order valence-corrected chi connectivity index (χ3v) is 3.02. The van der Waals surface area contributed by atoms with Crippen LogP contribution in [0.25, 0.3) is 11.0 Å². The Morgan fingerprint density at radius 3 is 2.78 bits per heavy atom. The number of hydrogen-bond donors (Lipinski definition) is 2. The lowest BCUT2D eigenvalue weighted by Gasteiger charge is -2.18. The average molecular weight is 315 g/mol. The molecule has 0 aliphatic heterocycles. The van der Waals surface area contributed by atoms with Crippen LogP contribution in [0, 0.1) is 21.6 Å². The van der Waals surface area contributed by atoms with Crippen molar-refractivity contribution in [2.45, 2.75) is 0 Å². The van der Waals surface area contributed by atoms with Crippen LogP contribution in [-0.2, 0) is 0 Å². The van der Waals surface area contributed by atoms with Gasteiger partial charge in [0.2, 0.25) is 5.82 Å². The van der Waals surface area contributed by atoms with Gasteiger partial charge in [-0.2, -0.15) is 5.26 Å². The van der Waals surface area contributed by atoms with Crippen molar-refractivity contribution in [3.8, 4) is 12.1 Å². The number of aromatic nitrogens is 2. The van der Waals surface area contributed by atoms with Crippen molar-refractivity contribution in [1.82, 2.24) is 9.97 Å². The highest BCUT2D eigenvalue weighted by Gasteiger charge is 2.21. The molecule has 2 aromatic rings. The first kappa shape index (κ1) is 15.9. The zero-order chi connectivity index (χ0) is 17.0. The van der Waals surface area contributed by atoms with E-state index in [0.717, 1.165) is 0 Å². The third-order valence-electron chi connectivity index (χ3n) is 3.02. The second-order valence-electron chi connectivity index (χ2n) is 4.24. The summed E-state index contributed by atoms with van der Waals surface area (Å²) in [5.74, 6) is 0.167. The molecule has 0 amide bonds. The van der Waals surface area contributed by atoms with Crippen molar-refractivity contribution in [2.75, 3.05) is 24.0 Å². The number of rotatable bonds is 6. The number of hydrogen-bond acceptors (Lipinski definition) is 9. The number of nitrogens with one attached hydrogen (secondary N) is 1. The molecule has 0 fully saturated rings. The van der Waals surface area contributed by atoms with Gasteiger partial charge in [0.1, 0.15) is 5.69 Å². The lowest BCUT2D eigenvalue weighted by Crippen LogP contribution is -2.24. The molecule has 10 heteroatoms. The molecule has 0 aliphatic rings. The summed E-state index contributed by atoms with van der Waals surface area (Å²) in [4.78, 5) is 20.5. The summed E-state index contributed by atoms with van der Waals surface area (Å²) < 4.78 is 5.02. The molecular formula is C13H13N7O3. The molecule has 118 valence electrons. The van der Waals surface area contributed by atoms with Crippen LogP contribution in [0.2, 0.25) is 0 Å². The Morgan fingerprint density at radius 2 is 2.26 bits per heavy atom. The maximum Gasteiger partial charge on any atom is 0.295 e. The standard InChI is InChI=1S/C13H13N7O3/c1-3-19(7-15)10-4-8-9(5-11(10)20(21)22)18-13(23-2)12(17-8)16-6-14/h3-5H,1,7,15H2,2H3,(H,16,17). The van der Waals surface area contributed by atoms with Crippen molar-refractivity contribution in [2.24, 2.45) is 5.73 Å². The van der Waals surface area contributed by atoms with E-state index in [1.54, 1.807) is 6.19 Å². The maximum atomic E-state index is 11.3. The van der Waals surface area contributed by atoms with E-state index in [2.05, 4.69) is 21.9 Å². The molecule has 3 N–H and O–H groups in total. The van der Waals surface area contributed by atoms with Crippen molar-refractivity contribution in [3.63, 3.8) is 0 Å². The highest BCUT2D eigenvalue weighted by Crippen LogP contribution is 2.33. The number of nitriles is 1. The first-order chi connectivity index (χ1) is 11.0. The molecule has 0 bridgehead atoms. The molecule has 1 aromatic carbocycles. The molecule has 0 unspecified atom stereocenters. The monoisotopic (exact) mass is 315 g/mol. The highest BCUT2D eigenvalue weighted by molar-refractivity contribution is 5.87. The van der Waals surface area contributed by atoms with Gasteiger partial charge >= 0.3 is 0 Å². The fourth-order valence-corrected chi connectivity index (χ4v) is 1.99. The predicted molar refractivity (Wildman–Crippen MR) is 83.7 cm³/mol. The molecule has 0 saturated heterocycles. The lowest BCUT2D eigenvalue weighted by atomic mass is 10.2. The highest BCUT2D eigenvalue weighted by atomic mass is 16.6. The van der Waals surface area contributed by atoms with Gasteiger partial charge in [-0.1, -0.05) is 6.58 Å². The summed E-state index contributed by atoms with van der Waals surface area (Å²) >= 11 is 0. The molecule has 0 saturated carbocycles. The van der Waals surface area contributed by atoms with Gasteiger partial charge in [-0.3, -0.25) is 15.4 Å². The second kappa shape index (κ2) is 6.54. The van der Waals surface area contributed by atoms with Gasteiger partial charge < -0.3 is 15.4 Å². The van der Waals surface area contributed by atoms with E-state index in [0.29, 0.717) is 5.52 Å². The fourth-order valence-electron chi connectivity index (χ4n) is 1.99. The van der Waals surface area contributed by atoms with Crippen LogP contribution in [0.3, 0.4) is 0 Å². The summed E-state index contributed by atoms with van der Waals surface area (Å²) in [5.41, 5.74) is 6.19. The van der Waals surface area contributed by atoms with E-state index in [9.17, 15) is 10.1 Å². The Morgan fingerprint density at radius 1 is 1.57 bits per heavy atom. The van der Waals surface area contributed by atoms with Crippen LogP contribution in [0.4, 0.5) is 17.2 Å². The van der Waals surface area contributed by atoms with Crippen LogP contribution in [0.15, 0.2) is 24.9 Å². The number of nitrogens with zero attached hydrogens (tertiary/aromatic N) is 5. The van der Waals surface area contributed by atoms with E-state index in [-0.39, 0.29) is 35.3 Å². The first-order valence-electron chi connectivity index (χ1n) is 6.34. The Kier molecular flexibility index (Phi) is 4.53. The zero-order valence-electron chi connectivity index (χ0n) is 12.2. The average Bonchev–Trinajstić information content (AvgIpc) is 2.55. The summed E-state index contributed by atoms with van der Waals surface area (Å²) in [6.45, 7) is 3.58. The minimum absolute atomic E-state index is 0.00271. The Hall–Kier alpha value is -3.45. The summed E-state index contributed by atoms with van der Waals surface area (Å²) in [6.07, 6.45) is 3.10. The Balaban J connectivity index is 2.76. The molecular weight excluding hydrogens is 302 g/mol. The topological polar surface area (TPSA) is 143 Å². The molecule has 0 radical (unpaired) electrons. The largest absolute Gasteiger partial charge is 0.478 e. The SMILES string of the molecule is C=CN(CN)c1cc2nc(NC#N)c(OC)nc2cc1[N+](=O)[O-]. The molecule has 0 atom stereocenters. The van der Waals surface area contributed by atoms with Crippen molar-refractivity contribution in [3.05, 3.63) is 35.0 Å². The molecule has 0 spiro atoms. The normalized spacial score (nSPS) is 9.96. The minimum Gasteiger partial charge on any atom is -0.478 e. The number of benzene rings is 1. The third kappa shape index (κ3) is 2.94. The quantitative estimate of drug-likeness (QED) is 0.265. The Labute approximate surface area is 130 Å². The van der Waals surface area contributed by atoms with Gasteiger partial charge in [-0.15, -0.1) is 0 Å². The van der Waals surface area contributed by atoms with Crippen LogP contribution < -0.4 is 20.7 Å². The molecule has 23 heavy (non-hydrogen) atoms. The van der Waals surface area contributed by atoms with Crippen molar-refractivity contribution in [1.29, 1.82) is 5.26 Å². The van der Waals surface area contributed by atoms with E-state index in [1.165, 1.54) is 30.3 Å². The van der Waals surface area contributed by atoms with Crippen LogP contribution >= 0.6 is 0 Å². The van der Waals surface area contributed by atoms with Gasteiger partial charge in [0.05, 0.1) is 29.7 Å². The smallest absolute Gasteiger partial charge is 0.295 e. The molecule has 2 rings (SSSR count). The molecule has 1 aromatic heterocycles. The van der Waals surface area contributed by atoms with Gasteiger partial charge in [0, 0.05) is 6.07 Å². The fraction of sp³-hybridized carbons (Fsp3) is 0.154. The van der Waals surface area contributed by atoms with Crippen LogP contribution in [0.5, 0.6) is 5.88 Å². The molecule has 1 heterocycles. The van der Waals surface area contributed by atoms with Gasteiger partial charge in [0.15, 0.2) is 6.19 Å². The summed E-state index contributed by atoms with van der Waals surface area (Å²) in [5, 5.41) is 22.4. The van der Waals surface area contributed by atoms with Crippen molar-refractivity contribution >= 4 is 28.2 Å². The van der Waals surface area contributed by atoms with Gasteiger partial charge in [-0.05, 0) is 12.3 Å². The van der Waals surface area contributed by atoms with E-state index in [4.69, 9.17) is 15.7 Å². The number of nitro groups is 1. The molecule has 10 nitrogen and oxygen atoms in total. The number of ether oxygens (including phenoxy) is 1. The summed E-state index contributed by atoms with van der Waals surface area (Å²) in [6, 6.07) is 2.72. The number of fused-ring (bicyclic) bond motifs is 1.